The van der Waals surface area contributed by atoms with E-state index in [0.717, 1.165) is 46.4 Å². The smallest absolute Gasteiger partial charge is 0.123 e. The number of allylic oxidation sites excluding steroid dienone is 3. The summed E-state index contributed by atoms with van der Waals surface area (Å²) >= 11 is 6.32. The molecule has 0 amide bonds. The van der Waals surface area contributed by atoms with Gasteiger partial charge in [-0.15, -0.1) is 0 Å². The van der Waals surface area contributed by atoms with Crippen LogP contribution in [0.2, 0.25) is 5.02 Å². The first-order valence-electron chi connectivity index (χ1n) is 9.35. The average molecular weight is 387 g/mol. The van der Waals surface area contributed by atoms with E-state index in [1.54, 1.807) is 0 Å². The Morgan fingerprint density at radius 2 is 2.00 bits per heavy atom. The third-order valence-corrected chi connectivity index (χ3v) is 4.99. The number of hydrogen-bond acceptors (Lipinski definition) is 4. The van der Waals surface area contributed by atoms with Crippen molar-refractivity contribution in [2.24, 2.45) is 4.99 Å². The van der Waals surface area contributed by atoms with Crippen molar-refractivity contribution < 1.29 is 0 Å². The Morgan fingerprint density at radius 1 is 1.30 bits per heavy atom. The van der Waals surface area contributed by atoms with Gasteiger partial charge in [-0.05, 0) is 62.6 Å². The highest BCUT2D eigenvalue weighted by Gasteiger charge is 2.17. The maximum Gasteiger partial charge on any atom is 0.123 e. The van der Waals surface area contributed by atoms with Gasteiger partial charge in [0.25, 0.3) is 0 Å². The number of halogens is 1. The Labute approximate surface area is 168 Å². The van der Waals surface area contributed by atoms with Crippen LogP contribution in [0.15, 0.2) is 58.4 Å². The molecule has 0 fully saturated rings. The van der Waals surface area contributed by atoms with Crippen LogP contribution >= 0.6 is 11.6 Å². The van der Waals surface area contributed by atoms with Crippen LogP contribution in [-0.2, 0) is 6.42 Å². The molecule has 0 bridgehead atoms. The number of nitrogens with zero attached hydrogens (tertiary/aromatic N) is 3. The van der Waals surface area contributed by atoms with Crippen LogP contribution in [-0.4, -0.2) is 31.5 Å². The van der Waals surface area contributed by atoms with Crippen molar-refractivity contribution >= 4 is 23.1 Å². The van der Waals surface area contributed by atoms with Gasteiger partial charge in [-0.2, -0.15) is 0 Å². The zero-order valence-electron chi connectivity index (χ0n) is 17.4. The lowest BCUT2D eigenvalue weighted by Gasteiger charge is -2.32. The fourth-order valence-electron chi connectivity index (χ4n) is 2.91. The van der Waals surface area contributed by atoms with Gasteiger partial charge in [0.15, 0.2) is 0 Å². The van der Waals surface area contributed by atoms with Crippen molar-refractivity contribution in [3.63, 3.8) is 0 Å². The van der Waals surface area contributed by atoms with Crippen LogP contribution < -0.4 is 10.3 Å². The maximum absolute atomic E-state index is 6.32. The van der Waals surface area contributed by atoms with Crippen LogP contribution in [0.3, 0.4) is 0 Å². The fraction of sp³-hybridized carbons (Fsp3) is 0.409. The number of aryl methyl sites for hydroxylation is 1. The van der Waals surface area contributed by atoms with Gasteiger partial charge >= 0.3 is 0 Å². The van der Waals surface area contributed by atoms with Crippen LogP contribution in [0.1, 0.15) is 39.7 Å². The molecule has 2 rings (SSSR count). The van der Waals surface area contributed by atoms with Gasteiger partial charge in [0.05, 0.1) is 17.9 Å². The van der Waals surface area contributed by atoms with Crippen LogP contribution in [0.25, 0.3) is 0 Å². The summed E-state index contributed by atoms with van der Waals surface area (Å²) in [6.45, 7) is 13.1. The highest BCUT2D eigenvalue weighted by atomic mass is 35.5. The molecule has 0 spiro atoms. The molecule has 1 aromatic carbocycles. The lowest BCUT2D eigenvalue weighted by Crippen LogP contribution is -2.44. The van der Waals surface area contributed by atoms with Gasteiger partial charge in [0.1, 0.15) is 5.84 Å². The van der Waals surface area contributed by atoms with E-state index in [-0.39, 0.29) is 0 Å². The van der Waals surface area contributed by atoms with Gasteiger partial charge in [-0.1, -0.05) is 37.1 Å². The SMILES string of the molecule is C=C1NC(CN(C)N(C)c2ccc(Cl)c(CCC)c2)=NC(C=C(C)C)=C1C. The molecule has 0 aromatic heterocycles. The third kappa shape index (κ3) is 5.47. The number of nitrogens with one attached hydrogen (secondary N) is 1. The number of anilines is 1. The van der Waals surface area contributed by atoms with E-state index in [4.69, 9.17) is 16.6 Å². The maximum atomic E-state index is 6.32. The third-order valence-electron chi connectivity index (χ3n) is 4.63. The number of likely N-dealkylation sites (N-methyl/N-ethyl adjacent to an activating group) is 1. The highest BCUT2D eigenvalue weighted by molar-refractivity contribution is 6.31. The Hall–Kier alpha value is -2.04. The van der Waals surface area contributed by atoms with Crippen molar-refractivity contribution in [3.05, 3.63) is 64.0 Å². The van der Waals surface area contributed by atoms with Crippen molar-refractivity contribution in [2.75, 3.05) is 25.6 Å². The Balaban J connectivity index is 2.19. The van der Waals surface area contributed by atoms with Crippen LogP contribution in [0.5, 0.6) is 0 Å². The average Bonchev–Trinajstić information content (AvgIpc) is 2.60. The monoisotopic (exact) mass is 386 g/mol. The molecule has 5 heteroatoms. The molecule has 1 aromatic rings. The Kier molecular flexibility index (Phi) is 7.28. The first-order chi connectivity index (χ1) is 12.7. The minimum atomic E-state index is 0.647. The number of hydrazine groups is 1. The van der Waals surface area contributed by atoms with Crippen molar-refractivity contribution in [2.45, 2.75) is 40.5 Å². The number of amidine groups is 1. The molecule has 1 aliphatic heterocycles. The summed E-state index contributed by atoms with van der Waals surface area (Å²) in [6.07, 6.45) is 4.15. The van der Waals surface area contributed by atoms with E-state index in [2.05, 4.69) is 61.9 Å². The Bertz CT molecular complexity index is 801. The summed E-state index contributed by atoms with van der Waals surface area (Å²) < 4.78 is 0. The largest absolute Gasteiger partial charge is 0.343 e. The molecule has 1 N–H and O–H groups in total. The zero-order chi connectivity index (χ0) is 20.1. The second-order valence-corrected chi connectivity index (χ2v) is 7.67. The number of rotatable bonds is 7. The molecular weight excluding hydrogens is 356 g/mol. The predicted octanol–water partition coefficient (Wildman–Crippen LogP) is 5.33. The van der Waals surface area contributed by atoms with Crippen LogP contribution in [0, 0.1) is 0 Å². The van der Waals surface area contributed by atoms with Gasteiger partial charge in [-0.25, -0.2) is 10.0 Å². The summed E-state index contributed by atoms with van der Waals surface area (Å²) in [7, 11) is 4.10. The normalized spacial score (nSPS) is 14.2. The first-order valence-corrected chi connectivity index (χ1v) is 9.73. The lowest BCUT2D eigenvalue weighted by atomic mass is 10.1. The van der Waals surface area contributed by atoms with E-state index < -0.39 is 0 Å². The van der Waals surface area contributed by atoms with E-state index >= 15 is 0 Å². The highest BCUT2D eigenvalue weighted by Crippen LogP contribution is 2.25. The molecule has 1 aliphatic rings. The van der Waals surface area contributed by atoms with E-state index in [1.165, 1.54) is 11.1 Å². The van der Waals surface area contributed by atoms with Crippen LogP contribution in [0.4, 0.5) is 5.69 Å². The second kappa shape index (κ2) is 9.25. The molecule has 1 heterocycles. The standard InChI is InChI=1S/C22H31ClN4/c1-8-9-18-13-19(10-11-20(18)23)27(7)26(6)14-22-24-17(5)16(4)21(25-22)12-15(2)3/h10-13H,5,8-9,14H2,1-4,6-7H3,(H,24,25). The zero-order valence-corrected chi connectivity index (χ0v) is 18.1. The van der Waals surface area contributed by atoms with Crippen molar-refractivity contribution in [1.29, 1.82) is 0 Å². The summed E-state index contributed by atoms with van der Waals surface area (Å²) in [5.74, 6) is 0.884. The first kappa shape index (κ1) is 21.3. The number of aliphatic imine (C=N–C) groups is 1. The summed E-state index contributed by atoms with van der Waals surface area (Å²) in [5.41, 5.74) is 6.47. The lowest BCUT2D eigenvalue weighted by molar-refractivity contribution is 0.367. The second-order valence-electron chi connectivity index (χ2n) is 7.26. The number of benzene rings is 1. The fourth-order valence-corrected chi connectivity index (χ4v) is 3.12. The van der Waals surface area contributed by atoms with E-state index in [9.17, 15) is 0 Å². The van der Waals surface area contributed by atoms with E-state index in [0.29, 0.717) is 6.54 Å². The molecule has 27 heavy (non-hydrogen) atoms. The van der Waals surface area contributed by atoms with Gasteiger partial charge in [0, 0.05) is 24.8 Å². The quantitative estimate of drug-likeness (QED) is 0.642. The molecule has 0 aliphatic carbocycles. The molecule has 0 radical (unpaired) electrons. The van der Waals surface area contributed by atoms with Gasteiger partial charge in [-0.3, -0.25) is 0 Å². The number of hydrogen-bond donors (Lipinski definition) is 1. The molecule has 0 saturated heterocycles. The predicted molar refractivity (Wildman–Crippen MR) is 118 cm³/mol. The summed E-state index contributed by atoms with van der Waals surface area (Å²) in [6, 6.07) is 6.19. The van der Waals surface area contributed by atoms with Crippen molar-refractivity contribution in [3.8, 4) is 0 Å². The topological polar surface area (TPSA) is 30.9 Å². The summed E-state index contributed by atoms with van der Waals surface area (Å²) in [4.78, 5) is 4.79. The Morgan fingerprint density at radius 3 is 2.63 bits per heavy atom. The van der Waals surface area contributed by atoms with E-state index in [1.807, 2.05) is 26.1 Å². The minimum absolute atomic E-state index is 0.647. The molecule has 4 nitrogen and oxygen atoms in total. The molecule has 146 valence electrons. The van der Waals surface area contributed by atoms with Gasteiger partial charge in [0.2, 0.25) is 0 Å². The molecule has 0 atom stereocenters. The van der Waals surface area contributed by atoms with Crippen molar-refractivity contribution in [1.82, 2.24) is 10.3 Å². The summed E-state index contributed by atoms with van der Waals surface area (Å²) in [5, 5.41) is 8.40. The molecule has 0 unspecified atom stereocenters. The van der Waals surface area contributed by atoms with Gasteiger partial charge < -0.3 is 10.3 Å². The molecule has 0 saturated carbocycles. The minimum Gasteiger partial charge on any atom is -0.343 e. The molecular formula is C22H31ClN4.